The number of allylic oxidation sites excluding steroid dienone is 3. The van der Waals surface area contributed by atoms with Crippen molar-refractivity contribution in [2.24, 2.45) is 11.3 Å². The largest absolute Gasteiger partial charge is 0.430 e. The number of ketones is 1. The van der Waals surface area contributed by atoms with Crippen LogP contribution in [0.3, 0.4) is 0 Å². The van der Waals surface area contributed by atoms with Gasteiger partial charge in [0.05, 0.1) is 5.41 Å². The monoisotopic (exact) mass is 314 g/mol. The van der Waals surface area contributed by atoms with Crippen molar-refractivity contribution in [2.45, 2.75) is 33.1 Å². The van der Waals surface area contributed by atoms with Gasteiger partial charge in [-0.1, -0.05) is 22.0 Å². The second-order valence-corrected chi connectivity index (χ2v) is 5.74. The first-order valence-electron chi connectivity index (χ1n) is 6.04. The quantitative estimate of drug-likeness (QED) is 0.444. The Morgan fingerprint density at radius 2 is 2.33 bits per heavy atom. The molecule has 0 amide bonds. The molecule has 0 saturated heterocycles. The van der Waals surface area contributed by atoms with Crippen molar-refractivity contribution in [3.8, 4) is 0 Å². The highest BCUT2D eigenvalue weighted by molar-refractivity contribution is 9.09. The van der Waals surface area contributed by atoms with Gasteiger partial charge >= 0.3 is 5.97 Å². The lowest BCUT2D eigenvalue weighted by Gasteiger charge is -2.26. The smallest absolute Gasteiger partial charge is 0.317 e. The molecule has 100 valence electrons. The van der Waals surface area contributed by atoms with E-state index in [0.717, 1.165) is 12.8 Å². The molecule has 0 radical (unpaired) electrons. The summed E-state index contributed by atoms with van der Waals surface area (Å²) in [4.78, 5) is 23.4. The van der Waals surface area contributed by atoms with Crippen molar-refractivity contribution in [3.63, 3.8) is 0 Å². The Morgan fingerprint density at radius 1 is 1.67 bits per heavy atom. The third-order valence-electron chi connectivity index (χ3n) is 2.99. The molecule has 0 aromatic carbocycles. The first-order valence-corrected chi connectivity index (χ1v) is 7.16. The molecule has 0 aromatic rings. The van der Waals surface area contributed by atoms with Crippen LogP contribution in [-0.4, -0.2) is 17.1 Å². The minimum absolute atomic E-state index is 0.0229. The standard InChI is InChI=1S/C14H19BrO3/c1-4-5-10-6-7-11(16)8-12(10)18-13(17)14(2,3)9-15/h4,8,10H,1,5-7,9H2,2-3H3. The number of rotatable bonds is 5. The molecule has 0 fully saturated rings. The summed E-state index contributed by atoms with van der Waals surface area (Å²) in [5, 5.41) is 0.520. The zero-order valence-corrected chi connectivity index (χ0v) is 12.5. The Hall–Kier alpha value is -0.900. The molecular formula is C14H19BrO3. The maximum Gasteiger partial charge on any atom is 0.317 e. The minimum Gasteiger partial charge on any atom is -0.430 e. The van der Waals surface area contributed by atoms with Crippen LogP contribution in [0, 0.1) is 11.3 Å². The van der Waals surface area contributed by atoms with Crippen LogP contribution in [0.15, 0.2) is 24.5 Å². The van der Waals surface area contributed by atoms with E-state index in [9.17, 15) is 9.59 Å². The lowest BCUT2D eigenvalue weighted by Crippen LogP contribution is -2.30. The van der Waals surface area contributed by atoms with Crippen LogP contribution in [0.5, 0.6) is 0 Å². The van der Waals surface area contributed by atoms with Gasteiger partial charge in [-0.15, -0.1) is 6.58 Å². The molecule has 1 rings (SSSR count). The van der Waals surface area contributed by atoms with Crippen molar-refractivity contribution in [1.82, 2.24) is 0 Å². The number of alkyl halides is 1. The third-order valence-corrected chi connectivity index (χ3v) is 4.40. The highest BCUT2D eigenvalue weighted by Crippen LogP contribution is 2.30. The maximum atomic E-state index is 12.0. The molecule has 0 aliphatic heterocycles. The van der Waals surface area contributed by atoms with E-state index in [1.807, 2.05) is 0 Å². The molecule has 4 heteroatoms. The normalized spacial score (nSPS) is 20.3. The van der Waals surface area contributed by atoms with Gasteiger partial charge in [0.25, 0.3) is 0 Å². The summed E-state index contributed by atoms with van der Waals surface area (Å²) in [5.74, 6) is 0.296. The van der Waals surface area contributed by atoms with Gasteiger partial charge in [0.15, 0.2) is 5.78 Å². The molecule has 1 aliphatic rings. The van der Waals surface area contributed by atoms with Crippen LogP contribution < -0.4 is 0 Å². The molecule has 0 saturated carbocycles. The number of ether oxygens (including phenoxy) is 1. The average Bonchev–Trinajstić information content (AvgIpc) is 2.32. The van der Waals surface area contributed by atoms with Crippen molar-refractivity contribution in [1.29, 1.82) is 0 Å². The number of carbonyl (C=O) groups is 2. The highest BCUT2D eigenvalue weighted by atomic mass is 79.9. The van der Waals surface area contributed by atoms with Gasteiger partial charge in [0, 0.05) is 23.7 Å². The van der Waals surface area contributed by atoms with E-state index >= 15 is 0 Å². The minimum atomic E-state index is -0.597. The van der Waals surface area contributed by atoms with Crippen LogP contribution in [-0.2, 0) is 14.3 Å². The van der Waals surface area contributed by atoms with Gasteiger partial charge in [0.2, 0.25) is 0 Å². The summed E-state index contributed by atoms with van der Waals surface area (Å²) in [6.07, 6.45) is 5.21. The Kier molecular flexibility index (Phi) is 5.32. The van der Waals surface area contributed by atoms with E-state index in [1.165, 1.54) is 6.08 Å². The zero-order valence-electron chi connectivity index (χ0n) is 10.9. The summed E-state index contributed by atoms with van der Waals surface area (Å²) in [7, 11) is 0. The van der Waals surface area contributed by atoms with Gasteiger partial charge < -0.3 is 4.74 Å². The van der Waals surface area contributed by atoms with Crippen molar-refractivity contribution in [3.05, 3.63) is 24.5 Å². The number of carbonyl (C=O) groups excluding carboxylic acids is 2. The number of hydrogen-bond acceptors (Lipinski definition) is 3. The first-order chi connectivity index (χ1) is 8.40. The van der Waals surface area contributed by atoms with Crippen LogP contribution in [0.2, 0.25) is 0 Å². The summed E-state index contributed by atoms with van der Waals surface area (Å²) in [6, 6.07) is 0. The fourth-order valence-corrected chi connectivity index (χ4v) is 1.88. The third kappa shape index (κ3) is 3.80. The van der Waals surface area contributed by atoms with Crippen LogP contribution in [0.4, 0.5) is 0 Å². The van der Waals surface area contributed by atoms with E-state index < -0.39 is 5.41 Å². The molecule has 1 atom stereocenters. The molecule has 0 aromatic heterocycles. The summed E-state index contributed by atoms with van der Waals surface area (Å²) < 4.78 is 5.41. The predicted molar refractivity (Wildman–Crippen MR) is 74.3 cm³/mol. The number of hydrogen-bond donors (Lipinski definition) is 0. The van der Waals surface area contributed by atoms with Gasteiger partial charge in [-0.25, -0.2) is 0 Å². The van der Waals surface area contributed by atoms with Crippen LogP contribution in [0.25, 0.3) is 0 Å². The lowest BCUT2D eigenvalue weighted by molar-refractivity contribution is -0.149. The fraction of sp³-hybridized carbons (Fsp3) is 0.571. The first kappa shape index (κ1) is 15.2. The molecule has 3 nitrogen and oxygen atoms in total. The molecule has 0 heterocycles. The van der Waals surface area contributed by atoms with E-state index in [2.05, 4.69) is 22.5 Å². The predicted octanol–water partition coefficient (Wildman–Crippen LogP) is 3.39. The lowest BCUT2D eigenvalue weighted by atomic mass is 9.90. The van der Waals surface area contributed by atoms with E-state index in [-0.39, 0.29) is 17.7 Å². The Balaban J connectivity index is 2.81. The van der Waals surface area contributed by atoms with Gasteiger partial charge in [-0.05, 0) is 26.7 Å². The van der Waals surface area contributed by atoms with E-state index in [4.69, 9.17) is 4.74 Å². The maximum absolute atomic E-state index is 12.0. The second-order valence-electron chi connectivity index (χ2n) is 5.18. The van der Waals surface area contributed by atoms with Crippen molar-refractivity contribution < 1.29 is 14.3 Å². The van der Waals surface area contributed by atoms with Crippen molar-refractivity contribution in [2.75, 3.05) is 5.33 Å². The zero-order chi connectivity index (χ0) is 13.8. The van der Waals surface area contributed by atoms with E-state index in [1.54, 1.807) is 19.9 Å². The molecular weight excluding hydrogens is 296 g/mol. The Morgan fingerprint density at radius 3 is 2.89 bits per heavy atom. The summed E-state index contributed by atoms with van der Waals surface area (Å²) in [5.41, 5.74) is -0.597. The van der Waals surface area contributed by atoms with Crippen LogP contribution in [0.1, 0.15) is 33.1 Å². The molecule has 1 unspecified atom stereocenters. The topological polar surface area (TPSA) is 43.4 Å². The van der Waals surface area contributed by atoms with E-state index in [0.29, 0.717) is 17.5 Å². The molecule has 0 spiro atoms. The Labute approximate surface area is 116 Å². The number of halogens is 1. The molecule has 0 bridgehead atoms. The molecule has 0 N–H and O–H groups in total. The van der Waals surface area contributed by atoms with Crippen molar-refractivity contribution >= 4 is 27.7 Å². The average molecular weight is 315 g/mol. The SMILES string of the molecule is C=CCC1CCC(=O)C=C1OC(=O)C(C)(C)CBr. The fourth-order valence-electron chi connectivity index (χ4n) is 1.66. The molecule has 18 heavy (non-hydrogen) atoms. The summed E-state index contributed by atoms with van der Waals surface area (Å²) in [6.45, 7) is 7.30. The summed E-state index contributed by atoms with van der Waals surface area (Å²) >= 11 is 3.29. The van der Waals surface area contributed by atoms with Gasteiger partial charge in [-0.3, -0.25) is 9.59 Å². The van der Waals surface area contributed by atoms with Gasteiger partial charge in [0.1, 0.15) is 5.76 Å². The number of esters is 1. The second kappa shape index (κ2) is 6.32. The molecule has 1 aliphatic carbocycles. The Bertz CT molecular complexity index is 383. The highest BCUT2D eigenvalue weighted by Gasteiger charge is 2.32. The van der Waals surface area contributed by atoms with Gasteiger partial charge in [-0.2, -0.15) is 0 Å². The van der Waals surface area contributed by atoms with Crippen LogP contribution >= 0.6 is 15.9 Å².